The number of hydrogen-bond acceptors (Lipinski definition) is 5. The van der Waals surface area contributed by atoms with Crippen molar-refractivity contribution < 1.29 is 9.53 Å². The van der Waals surface area contributed by atoms with E-state index in [1.165, 1.54) is 35.7 Å². The van der Waals surface area contributed by atoms with Crippen LogP contribution in [0.4, 0.5) is 0 Å². The third-order valence-corrected chi connectivity index (χ3v) is 9.23. The Kier molecular flexibility index (Phi) is 6.96. The number of methoxy groups -OCH3 is 1. The highest BCUT2D eigenvalue weighted by Crippen LogP contribution is 2.39. The lowest BCUT2D eigenvalue weighted by molar-refractivity contribution is 0.0671. The van der Waals surface area contributed by atoms with Gasteiger partial charge in [-0.05, 0) is 67.7 Å². The van der Waals surface area contributed by atoms with Crippen molar-refractivity contribution in [3.05, 3.63) is 60.2 Å². The summed E-state index contributed by atoms with van der Waals surface area (Å²) >= 11 is 0. The molecule has 2 aliphatic rings. The number of fused-ring (bicyclic) bond motifs is 2. The third kappa shape index (κ3) is 4.84. The molecule has 0 radical (unpaired) electrons. The van der Waals surface area contributed by atoms with Gasteiger partial charge in [0.15, 0.2) is 5.82 Å². The van der Waals surface area contributed by atoms with Gasteiger partial charge in [0.05, 0.1) is 23.8 Å². The summed E-state index contributed by atoms with van der Waals surface area (Å²) in [5.41, 5.74) is 6.00. The summed E-state index contributed by atoms with van der Waals surface area (Å²) in [5.74, 6) is 2.90. The van der Waals surface area contributed by atoms with Crippen molar-refractivity contribution >= 4 is 27.8 Å². The molecule has 2 fully saturated rings. The quantitative estimate of drug-likeness (QED) is 0.229. The van der Waals surface area contributed by atoms with E-state index in [2.05, 4.69) is 57.5 Å². The third-order valence-electron chi connectivity index (χ3n) is 9.23. The second kappa shape index (κ2) is 10.9. The average Bonchev–Trinajstić information content (AvgIpc) is 3.38. The van der Waals surface area contributed by atoms with Crippen molar-refractivity contribution in [1.29, 1.82) is 0 Å². The highest BCUT2D eigenvalue weighted by atomic mass is 16.5. The number of hydrogen-bond donors (Lipinski definition) is 0. The monoisotopic (exact) mass is 565 g/mol. The van der Waals surface area contributed by atoms with Gasteiger partial charge in [0, 0.05) is 44.2 Å². The van der Waals surface area contributed by atoms with E-state index in [-0.39, 0.29) is 5.91 Å². The Morgan fingerprint density at radius 3 is 2.74 bits per heavy atom. The van der Waals surface area contributed by atoms with Gasteiger partial charge in [-0.2, -0.15) is 5.10 Å². The van der Waals surface area contributed by atoms with Crippen LogP contribution in [0.25, 0.3) is 33.5 Å². The van der Waals surface area contributed by atoms with Gasteiger partial charge < -0.3 is 18.8 Å². The van der Waals surface area contributed by atoms with Gasteiger partial charge in [-0.25, -0.2) is 9.97 Å². The molecule has 3 aromatic heterocycles. The number of likely N-dealkylation sites (tertiary alicyclic amines) is 1. The second-order valence-electron chi connectivity index (χ2n) is 12.1. The number of aromatic nitrogens is 6. The Labute approximate surface area is 246 Å². The van der Waals surface area contributed by atoms with Gasteiger partial charge in [0.25, 0.3) is 5.91 Å². The SMILES string of the molecule is CC[C@@H]1CCCN(C(=O)c2cc(OC)c3c(c2)nc(-c2cc4cccc(CCn5cncn5)c4n2CC2CC2)n3C)C1. The molecule has 1 atom stereocenters. The van der Waals surface area contributed by atoms with Crippen molar-refractivity contribution in [1.82, 2.24) is 33.8 Å². The fourth-order valence-electron chi connectivity index (χ4n) is 6.70. The van der Waals surface area contributed by atoms with Crippen molar-refractivity contribution in [2.45, 2.75) is 58.5 Å². The van der Waals surface area contributed by atoms with Crippen LogP contribution in [-0.4, -0.2) is 59.9 Å². The zero-order valence-corrected chi connectivity index (χ0v) is 24.8. The molecule has 0 unspecified atom stereocenters. The molecule has 218 valence electrons. The van der Waals surface area contributed by atoms with Crippen LogP contribution in [0.3, 0.4) is 0 Å². The predicted molar refractivity (Wildman–Crippen MR) is 164 cm³/mol. The number of imidazole rings is 1. The molecule has 9 nitrogen and oxygen atoms in total. The Morgan fingerprint density at radius 1 is 1.10 bits per heavy atom. The first kappa shape index (κ1) is 26.7. The number of carbonyl (C=O) groups is 1. The van der Waals surface area contributed by atoms with Gasteiger partial charge in [0.1, 0.15) is 23.9 Å². The zero-order chi connectivity index (χ0) is 28.8. The van der Waals surface area contributed by atoms with Crippen molar-refractivity contribution in [2.24, 2.45) is 18.9 Å². The molecule has 9 heteroatoms. The van der Waals surface area contributed by atoms with Crippen LogP contribution in [0.2, 0.25) is 0 Å². The van der Waals surface area contributed by atoms with E-state index in [9.17, 15) is 4.79 Å². The Balaban J connectivity index is 1.31. The number of piperidine rings is 1. The molecule has 1 saturated carbocycles. The molecule has 1 aliphatic heterocycles. The van der Waals surface area contributed by atoms with Crippen LogP contribution in [0.1, 0.15) is 54.9 Å². The van der Waals surface area contributed by atoms with Gasteiger partial charge in [0.2, 0.25) is 0 Å². The lowest BCUT2D eigenvalue weighted by Crippen LogP contribution is -2.39. The molecule has 0 spiro atoms. The molecule has 1 saturated heterocycles. The van der Waals surface area contributed by atoms with E-state index in [1.54, 1.807) is 19.8 Å². The van der Waals surface area contributed by atoms with Gasteiger partial charge in [-0.3, -0.25) is 9.48 Å². The maximum absolute atomic E-state index is 13.6. The Hall–Kier alpha value is -4.14. The average molecular weight is 566 g/mol. The van der Waals surface area contributed by atoms with Gasteiger partial charge in [-0.1, -0.05) is 31.5 Å². The number of carbonyl (C=O) groups excluding carboxylic acids is 1. The van der Waals surface area contributed by atoms with Crippen LogP contribution in [-0.2, 0) is 26.6 Å². The van der Waals surface area contributed by atoms with E-state index in [4.69, 9.17) is 9.72 Å². The minimum atomic E-state index is 0.0698. The highest BCUT2D eigenvalue weighted by Gasteiger charge is 2.28. The van der Waals surface area contributed by atoms with Crippen LogP contribution in [0, 0.1) is 11.8 Å². The number of para-hydroxylation sites is 1. The maximum Gasteiger partial charge on any atom is 0.254 e. The van der Waals surface area contributed by atoms with Gasteiger partial charge in [-0.15, -0.1) is 0 Å². The zero-order valence-electron chi connectivity index (χ0n) is 24.8. The summed E-state index contributed by atoms with van der Waals surface area (Å²) in [6, 6.07) is 12.7. The van der Waals surface area contributed by atoms with Gasteiger partial charge >= 0.3 is 0 Å². The Morgan fingerprint density at radius 2 is 1.98 bits per heavy atom. The highest BCUT2D eigenvalue weighted by molar-refractivity contribution is 6.00. The van der Waals surface area contributed by atoms with Crippen molar-refractivity contribution in [3.63, 3.8) is 0 Å². The van der Waals surface area contributed by atoms with Crippen LogP contribution in [0.5, 0.6) is 5.75 Å². The number of nitrogens with zero attached hydrogens (tertiary/aromatic N) is 7. The molecule has 0 bridgehead atoms. The van der Waals surface area contributed by atoms with E-state index in [0.717, 1.165) is 68.0 Å². The van der Waals surface area contributed by atoms with Crippen molar-refractivity contribution in [3.8, 4) is 17.3 Å². The van der Waals surface area contributed by atoms with Crippen molar-refractivity contribution in [2.75, 3.05) is 20.2 Å². The topological polar surface area (TPSA) is 83.0 Å². The minimum absolute atomic E-state index is 0.0698. The number of rotatable bonds is 9. The van der Waals surface area contributed by atoms with E-state index in [0.29, 0.717) is 23.1 Å². The van der Waals surface area contributed by atoms with Crippen LogP contribution < -0.4 is 4.74 Å². The smallest absolute Gasteiger partial charge is 0.254 e. The summed E-state index contributed by atoms with van der Waals surface area (Å²) < 4.78 is 12.4. The molecule has 5 aromatic rings. The largest absolute Gasteiger partial charge is 0.494 e. The number of ether oxygens (including phenoxy) is 1. The molecule has 42 heavy (non-hydrogen) atoms. The molecule has 7 rings (SSSR count). The molecular weight excluding hydrogens is 526 g/mol. The molecule has 4 heterocycles. The second-order valence-corrected chi connectivity index (χ2v) is 12.1. The molecule has 2 aromatic carbocycles. The number of benzene rings is 2. The fourth-order valence-corrected chi connectivity index (χ4v) is 6.70. The normalized spacial score (nSPS) is 17.4. The van der Waals surface area contributed by atoms with E-state index >= 15 is 0 Å². The molecule has 1 amide bonds. The lowest BCUT2D eigenvalue weighted by atomic mass is 9.95. The summed E-state index contributed by atoms with van der Waals surface area (Å²) in [7, 11) is 3.73. The first-order valence-electron chi connectivity index (χ1n) is 15.3. The maximum atomic E-state index is 13.6. The van der Waals surface area contributed by atoms with Crippen LogP contribution >= 0.6 is 0 Å². The first-order chi connectivity index (χ1) is 20.5. The molecule has 0 N–H and O–H groups in total. The fraction of sp³-hybridized carbons (Fsp3) is 0.455. The standard InChI is InChI=1S/C33H39N7O2/c1-4-22-7-6-13-38(18-22)33(41)26-15-27-31(29(17-26)42-3)37(2)32(36-27)28-16-25-9-5-8-24(12-14-39-21-34-20-35-39)30(25)40(28)19-23-10-11-23/h5,8-9,15-17,20-23H,4,6-7,10-14,18-19H2,1-3H3/t22-/m1/s1. The minimum Gasteiger partial charge on any atom is -0.494 e. The van der Waals surface area contributed by atoms with Crippen LogP contribution in [0.15, 0.2) is 49.1 Å². The number of aryl methyl sites for hydroxylation is 3. The Bertz CT molecular complexity index is 1750. The summed E-state index contributed by atoms with van der Waals surface area (Å²) in [5, 5.41) is 5.52. The first-order valence-corrected chi connectivity index (χ1v) is 15.3. The lowest BCUT2D eigenvalue weighted by Gasteiger charge is -2.32. The summed E-state index contributed by atoms with van der Waals surface area (Å²) in [6.45, 7) is 5.59. The van der Waals surface area contributed by atoms with E-state index in [1.807, 2.05) is 21.7 Å². The van der Waals surface area contributed by atoms with E-state index < -0.39 is 0 Å². The summed E-state index contributed by atoms with van der Waals surface area (Å²) in [4.78, 5) is 24.9. The summed E-state index contributed by atoms with van der Waals surface area (Å²) in [6.07, 6.45) is 10.1. The molecule has 1 aliphatic carbocycles. The number of amides is 1. The predicted octanol–water partition coefficient (Wildman–Crippen LogP) is 5.71. The molecular formula is C33H39N7O2.